The molecule has 0 aromatic rings. The van der Waals surface area contributed by atoms with Gasteiger partial charge >= 0.3 is 0 Å². The molecule has 27 heavy (non-hydrogen) atoms. The van der Waals surface area contributed by atoms with Crippen LogP contribution >= 0.6 is 0 Å². The Hall–Kier alpha value is -1.70. The lowest BCUT2D eigenvalue weighted by Gasteiger charge is -2.53. The van der Waals surface area contributed by atoms with Gasteiger partial charge in [-0.1, -0.05) is 37.1 Å². The van der Waals surface area contributed by atoms with Crippen molar-refractivity contribution in [3.8, 4) is 0 Å². The van der Waals surface area contributed by atoms with E-state index in [1.165, 1.54) is 24.8 Å². The zero-order valence-electron chi connectivity index (χ0n) is 17.5. The molecule has 2 nitrogen and oxygen atoms in total. The van der Waals surface area contributed by atoms with Crippen LogP contribution in [0.15, 0.2) is 49.6 Å². The number of fused-ring (bicyclic) bond motifs is 5. The number of allylic oxidation sites excluding steroid dienone is 4. The second-order valence-corrected chi connectivity index (χ2v) is 8.88. The van der Waals surface area contributed by atoms with Gasteiger partial charge in [-0.05, 0) is 61.7 Å². The predicted octanol–water partition coefficient (Wildman–Crippen LogP) is 6.25. The molecule has 0 aromatic carbocycles. The maximum absolute atomic E-state index is 12.1. The fourth-order valence-corrected chi connectivity index (χ4v) is 6.49. The molecule has 0 bridgehead atoms. The Balaban J connectivity index is 0.000000614. The van der Waals surface area contributed by atoms with Crippen molar-refractivity contribution in [2.24, 2.45) is 28.6 Å². The van der Waals surface area contributed by atoms with E-state index in [2.05, 4.69) is 52.3 Å². The van der Waals surface area contributed by atoms with Crippen LogP contribution in [0, 0.1) is 28.6 Å². The van der Waals surface area contributed by atoms with Gasteiger partial charge in [-0.2, -0.15) is 0 Å². The van der Waals surface area contributed by atoms with Gasteiger partial charge in [-0.25, -0.2) is 0 Å². The summed E-state index contributed by atoms with van der Waals surface area (Å²) in [6, 6.07) is 0. The summed E-state index contributed by atoms with van der Waals surface area (Å²) < 4.78 is 0. The monoisotopic (exact) mass is 368 g/mol. The van der Waals surface area contributed by atoms with E-state index in [0.717, 1.165) is 19.3 Å². The molecule has 5 atom stereocenters. The molecule has 0 aliphatic heterocycles. The van der Waals surface area contributed by atoms with E-state index < -0.39 is 0 Å². The van der Waals surface area contributed by atoms with Crippen molar-refractivity contribution in [1.82, 2.24) is 0 Å². The predicted molar refractivity (Wildman–Crippen MR) is 113 cm³/mol. The summed E-state index contributed by atoms with van der Waals surface area (Å²) >= 11 is 0. The highest BCUT2D eigenvalue weighted by Crippen LogP contribution is 2.64. The number of rotatable bonds is 1. The van der Waals surface area contributed by atoms with Gasteiger partial charge in [0.1, 0.15) is 11.6 Å². The zero-order chi connectivity index (χ0) is 20.4. The van der Waals surface area contributed by atoms with Gasteiger partial charge in [-0.3, -0.25) is 9.59 Å². The van der Waals surface area contributed by atoms with Crippen LogP contribution in [0.3, 0.4) is 0 Å². The fourth-order valence-electron chi connectivity index (χ4n) is 6.49. The van der Waals surface area contributed by atoms with Crippen molar-refractivity contribution in [1.29, 1.82) is 0 Å². The summed E-state index contributed by atoms with van der Waals surface area (Å²) in [5.41, 5.74) is 3.32. The molecule has 2 heteroatoms. The molecular weight excluding hydrogens is 332 g/mol. The van der Waals surface area contributed by atoms with E-state index in [9.17, 15) is 9.59 Å². The molecule has 3 fully saturated rings. The van der Waals surface area contributed by atoms with Crippen LogP contribution in [0.4, 0.5) is 0 Å². The lowest BCUT2D eigenvalue weighted by Crippen LogP contribution is -2.46. The average Bonchev–Trinajstić information content (AvgIpc) is 3.03. The summed E-state index contributed by atoms with van der Waals surface area (Å²) in [6.45, 7) is 18.5. The van der Waals surface area contributed by atoms with Crippen LogP contribution in [0.25, 0.3) is 0 Å². The van der Waals surface area contributed by atoms with Crippen molar-refractivity contribution in [3.05, 3.63) is 49.6 Å². The van der Waals surface area contributed by atoms with Crippen molar-refractivity contribution in [2.75, 3.05) is 0 Å². The van der Waals surface area contributed by atoms with E-state index in [1.54, 1.807) is 12.5 Å². The van der Waals surface area contributed by atoms with Gasteiger partial charge in [0.15, 0.2) is 0 Å². The molecule has 0 N–H and O–H groups in total. The summed E-state index contributed by atoms with van der Waals surface area (Å²) in [5, 5.41) is 0. The Morgan fingerprint density at radius 3 is 2.30 bits per heavy atom. The number of hydrogen-bond donors (Lipinski definition) is 0. The van der Waals surface area contributed by atoms with Gasteiger partial charge in [0.05, 0.1) is 0 Å². The zero-order valence-corrected chi connectivity index (χ0v) is 17.5. The van der Waals surface area contributed by atoms with Gasteiger partial charge in [0, 0.05) is 18.8 Å². The Kier molecular flexibility index (Phi) is 6.50. The lowest BCUT2D eigenvalue weighted by atomic mass is 9.50. The van der Waals surface area contributed by atoms with Gasteiger partial charge < -0.3 is 0 Å². The minimum Gasteiger partial charge on any atom is -0.300 e. The van der Waals surface area contributed by atoms with Crippen molar-refractivity contribution in [3.63, 3.8) is 0 Å². The topological polar surface area (TPSA) is 34.1 Å². The molecule has 148 valence electrons. The normalized spacial score (nSPS) is 39.1. The SMILES string of the molecule is C=C.C=C.CC(=O)[C@H]1CC[C@H]2C3=CC=C4CC(=O)CC[C@]4(C)[C@H]3CC[C@]12C. The summed E-state index contributed by atoms with van der Waals surface area (Å²) in [4.78, 5) is 24.0. The molecule has 0 aromatic heterocycles. The van der Waals surface area contributed by atoms with Crippen molar-refractivity contribution < 1.29 is 9.59 Å². The lowest BCUT2D eigenvalue weighted by molar-refractivity contribution is -0.125. The highest BCUT2D eigenvalue weighted by atomic mass is 16.1. The third kappa shape index (κ3) is 3.32. The number of carbonyl (C=O) groups excluding carboxylic acids is 2. The molecule has 0 radical (unpaired) electrons. The number of hydrogen-bond acceptors (Lipinski definition) is 2. The highest BCUT2D eigenvalue weighted by molar-refractivity contribution is 5.83. The smallest absolute Gasteiger partial charge is 0.136 e. The number of Topliss-reactive ketones (excluding diaryl/α,β-unsaturated/α-hetero) is 2. The third-order valence-corrected chi connectivity index (χ3v) is 7.89. The third-order valence-electron chi connectivity index (χ3n) is 7.89. The first kappa shape index (κ1) is 21.6. The van der Waals surface area contributed by atoms with Gasteiger partial charge in [-0.15, -0.1) is 26.3 Å². The van der Waals surface area contributed by atoms with Crippen LogP contribution in [0.1, 0.15) is 65.7 Å². The first-order valence-corrected chi connectivity index (χ1v) is 10.3. The van der Waals surface area contributed by atoms with Crippen LogP contribution in [0.5, 0.6) is 0 Å². The second kappa shape index (κ2) is 8.12. The molecule has 4 aliphatic carbocycles. The molecule has 0 spiro atoms. The van der Waals surface area contributed by atoms with Crippen LogP contribution in [-0.2, 0) is 9.59 Å². The maximum Gasteiger partial charge on any atom is 0.136 e. The largest absolute Gasteiger partial charge is 0.300 e. The van der Waals surface area contributed by atoms with Crippen LogP contribution in [-0.4, -0.2) is 11.6 Å². The summed E-state index contributed by atoms with van der Waals surface area (Å²) in [5.74, 6) is 2.21. The van der Waals surface area contributed by atoms with E-state index in [1.807, 2.05) is 0 Å². The first-order chi connectivity index (χ1) is 12.9. The van der Waals surface area contributed by atoms with Crippen molar-refractivity contribution in [2.45, 2.75) is 65.7 Å². The van der Waals surface area contributed by atoms with E-state index in [-0.39, 0.29) is 16.7 Å². The molecular formula is C25H36O2. The molecule has 0 amide bonds. The minimum atomic E-state index is 0.167. The molecule has 4 aliphatic rings. The molecule has 0 unspecified atom stereocenters. The molecule has 4 rings (SSSR count). The highest BCUT2D eigenvalue weighted by Gasteiger charge is 2.57. The Labute approximate surface area is 165 Å². The molecule has 0 heterocycles. The van der Waals surface area contributed by atoms with E-state index in [4.69, 9.17) is 0 Å². The van der Waals surface area contributed by atoms with Gasteiger partial charge in [0.25, 0.3) is 0 Å². The standard InChI is InChI=1S/C21H28O2.2C2H4/c1-13(22)17-6-7-18-16-5-4-14-12-15(23)8-10-20(14,2)19(16)9-11-21(17,18)3;2*1-2/h4-5,17-19H,6-12H2,1-3H3;2*1-2H2/t17-,18+,19+,20+,21-;;/m1../s1. The maximum atomic E-state index is 12.1. The second-order valence-electron chi connectivity index (χ2n) is 8.88. The quantitative estimate of drug-likeness (QED) is 0.513. The van der Waals surface area contributed by atoms with E-state index >= 15 is 0 Å². The van der Waals surface area contributed by atoms with E-state index in [0.29, 0.717) is 29.8 Å². The first-order valence-electron chi connectivity index (χ1n) is 10.3. The Bertz CT molecular complexity index is 668. The van der Waals surface area contributed by atoms with Crippen LogP contribution in [0.2, 0.25) is 0 Å². The van der Waals surface area contributed by atoms with Crippen molar-refractivity contribution >= 4 is 11.6 Å². The van der Waals surface area contributed by atoms with Gasteiger partial charge in [0.2, 0.25) is 0 Å². The fraction of sp³-hybridized carbons (Fsp3) is 0.600. The summed E-state index contributed by atoms with van der Waals surface area (Å²) in [6.07, 6.45) is 11.6. The Morgan fingerprint density at radius 2 is 1.67 bits per heavy atom. The minimum absolute atomic E-state index is 0.167. The molecule has 0 saturated heterocycles. The van der Waals surface area contributed by atoms with Crippen LogP contribution < -0.4 is 0 Å². The number of ketones is 2. The molecule has 3 saturated carbocycles. The Morgan fingerprint density at radius 1 is 1.00 bits per heavy atom. The summed E-state index contributed by atoms with van der Waals surface area (Å²) in [7, 11) is 0. The average molecular weight is 369 g/mol. The number of carbonyl (C=O) groups is 2.